The maximum atomic E-state index is 12.0. The van der Waals surface area contributed by atoms with E-state index >= 15 is 0 Å². The molecular formula is C14H10BrCl2NO3. The summed E-state index contributed by atoms with van der Waals surface area (Å²) in [6.45, 7) is 2.33. The van der Waals surface area contributed by atoms with Gasteiger partial charge in [0.2, 0.25) is 0 Å². The number of benzene rings is 1. The van der Waals surface area contributed by atoms with Crippen LogP contribution < -0.4 is 5.43 Å². The maximum absolute atomic E-state index is 12.0. The Hall–Kier alpha value is -1.30. The van der Waals surface area contributed by atoms with E-state index in [0.29, 0.717) is 32.5 Å². The highest BCUT2D eigenvalue weighted by Gasteiger charge is 2.21. The molecule has 2 aromatic rings. The molecule has 21 heavy (non-hydrogen) atoms. The summed E-state index contributed by atoms with van der Waals surface area (Å²) in [4.78, 5) is 23.5. The zero-order chi connectivity index (χ0) is 15.7. The van der Waals surface area contributed by atoms with Crippen LogP contribution in [0.3, 0.4) is 0 Å². The van der Waals surface area contributed by atoms with E-state index in [1.807, 2.05) is 6.92 Å². The molecule has 0 unspecified atom stereocenters. The smallest absolute Gasteiger partial charge is 0.341 e. The molecule has 4 nitrogen and oxygen atoms in total. The third kappa shape index (κ3) is 3.00. The van der Waals surface area contributed by atoms with Crippen molar-refractivity contribution in [2.24, 2.45) is 0 Å². The number of hydrogen-bond donors (Lipinski definition) is 1. The molecule has 110 valence electrons. The molecule has 1 aromatic heterocycles. The van der Waals surface area contributed by atoms with Crippen LogP contribution in [-0.4, -0.2) is 15.6 Å². The van der Waals surface area contributed by atoms with Crippen molar-refractivity contribution in [3.8, 4) is 11.3 Å². The summed E-state index contributed by atoms with van der Waals surface area (Å²) in [7, 11) is 0. The van der Waals surface area contributed by atoms with Gasteiger partial charge in [-0.1, -0.05) is 29.3 Å². The van der Waals surface area contributed by atoms with Gasteiger partial charge in [-0.15, -0.1) is 0 Å². The van der Waals surface area contributed by atoms with E-state index in [0.717, 1.165) is 0 Å². The Labute approximate surface area is 139 Å². The summed E-state index contributed by atoms with van der Waals surface area (Å²) >= 11 is 15.2. The quantitative estimate of drug-likeness (QED) is 0.794. The van der Waals surface area contributed by atoms with Crippen molar-refractivity contribution in [1.29, 1.82) is 0 Å². The molecule has 0 bridgehead atoms. The minimum Gasteiger partial charge on any atom is -0.477 e. The second kappa shape index (κ2) is 6.22. The molecule has 0 amide bonds. The Balaban J connectivity index is 2.90. The van der Waals surface area contributed by atoms with Crippen molar-refractivity contribution >= 4 is 45.1 Å². The molecule has 0 saturated heterocycles. The van der Waals surface area contributed by atoms with Crippen molar-refractivity contribution < 1.29 is 9.90 Å². The summed E-state index contributed by atoms with van der Waals surface area (Å²) in [6, 6.07) is 5.99. The first kappa shape index (κ1) is 16.1. The lowest BCUT2D eigenvalue weighted by molar-refractivity contribution is 0.0695. The van der Waals surface area contributed by atoms with Crippen LogP contribution in [-0.2, 0) is 6.54 Å². The number of aromatic carboxylic acids is 1. The molecule has 1 heterocycles. The lowest BCUT2D eigenvalue weighted by atomic mass is 10.0. The lowest BCUT2D eigenvalue weighted by Crippen LogP contribution is -2.21. The van der Waals surface area contributed by atoms with Gasteiger partial charge in [0, 0.05) is 18.2 Å². The number of carboxylic acids is 1. The normalized spacial score (nSPS) is 10.7. The predicted octanol–water partition coefficient (Wildman–Crippen LogP) is 4.30. The van der Waals surface area contributed by atoms with Crippen molar-refractivity contribution in [2.45, 2.75) is 13.5 Å². The molecule has 0 aliphatic carbocycles. The van der Waals surface area contributed by atoms with Crippen LogP contribution >= 0.6 is 39.1 Å². The zero-order valence-electron chi connectivity index (χ0n) is 10.9. The van der Waals surface area contributed by atoms with Crippen molar-refractivity contribution in [2.75, 3.05) is 0 Å². The van der Waals surface area contributed by atoms with Crippen molar-refractivity contribution in [1.82, 2.24) is 4.57 Å². The van der Waals surface area contributed by atoms with Gasteiger partial charge in [-0.3, -0.25) is 4.79 Å². The van der Waals surface area contributed by atoms with Crippen LogP contribution in [0.4, 0.5) is 0 Å². The van der Waals surface area contributed by atoms with Crippen LogP contribution in [0, 0.1) is 0 Å². The Bertz CT molecular complexity index is 787. The van der Waals surface area contributed by atoms with Gasteiger partial charge in [-0.25, -0.2) is 4.79 Å². The number of carboxylic acid groups (broad SMARTS) is 1. The zero-order valence-corrected chi connectivity index (χ0v) is 14.0. The first-order chi connectivity index (χ1) is 9.86. The Morgan fingerprint density at radius 2 is 1.95 bits per heavy atom. The topological polar surface area (TPSA) is 59.3 Å². The lowest BCUT2D eigenvalue weighted by Gasteiger charge is -2.17. The fraction of sp³-hybridized carbons (Fsp3) is 0.143. The van der Waals surface area contributed by atoms with Crippen LogP contribution in [0.15, 0.2) is 33.7 Å². The standard InChI is InChI=1S/C14H10BrCl2NO3/c1-2-18-11(15)6-10(19)12(14(20)21)13(18)7-3-4-8(16)9(17)5-7/h3-6H,2H2,1H3,(H,20,21). The molecule has 0 atom stereocenters. The van der Waals surface area contributed by atoms with Crippen LogP contribution in [0.2, 0.25) is 10.0 Å². The first-order valence-electron chi connectivity index (χ1n) is 5.98. The number of hydrogen-bond acceptors (Lipinski definition) is 2. The molecule has 0 radical (unpaired) electrons. The molecule has 0 spiro atoms. The third-order valence-electron chi connectivity index (χ3n) is 2.98. The van der Waals surface area contributed by atoms with Gasteiger partial charge in [0.15, 0.2) is 5.43 Å². The monoisotopic (exact) mass is 389 g/mol. The highest BCUT2D eigenvalue weighted by atomic mass is 79.9. The molecule has 1 aromatic carbocycles. The molecule has 7 heteroatoms. The van der Waals surface area contributed by atoms with Gasteiger partial charge in [0.05, 0.1) is 20.3 Å². The van der Waals surface area contributed by atoms with Gasteiger partial charge in [0.25, 0.3) is 0 Å². The maximum Gasteiger partial charge on any atom is 0.341 e. The van der Waals surface area contributed by atoms with Crippen molar-refractivity contribution in [3.05, 3.63) is 54.7 Å². The third-order valence-corrected chi connectivity index (χ3v) is 4.38. The molecule has 0 aliphatic heterocycles. The van der Waals surface area contributed by atoms with Crippen molar-refractivity contribution in [3.63, 3.8) is 0 Å². The number of aromatic nitrogens is 1. The molecular weight excluding hydrogens is 381 g/mol. The van der Waals surface area contributed by atoms with Crippen LogP contribution in [0.5, 0.6) is 0 Å². The van der Waals surface area contributed by atoms with E-state index in [1.165, 1.54) is 6.07 Å². The minimum absolute atomic E-state index is 0.292. The highest BCUT2D eigenvalue weighted by molar-refractivity contribution is 9.10. The van der Waals surface area contributed by atoms with E-state index in [-0.39, 0.29) is 5.56 Å². The molecule has 2 rings (SSSR count). The summed E-state index contributed by atoms with van der Waals surface area (Å²) in [5.74, 6) is -1.28. The SMILES string of the molecule is CCn1c(Br)cc(=O)c(C(=O)O)c1-c1ccc(Cl)c(Cl)c1. The number of rotatable bonds is 3. The summed E-state index contributed by atoms with van der Waals surface area (Å²) < 4.78 is 2.19. The summed E-state index contributed by atoms with van der Waals surface area (Å²) in [5, 5.41) is 10.0. The van der Waals surface area contributed by atoms with Gasteiger partial charge in [0.1, 0.15) is 5.56 Å². The van der Waals surface area contributed by atoms with Gasteiger partial charge < -0.3 is 9.67 Å². The predicted molar refractivity (Wildman–Crippen MR) is 86.5 cm³/mol. The summed E-state index contributed by atoms with van der Waals surface area (Å²) in [6.07, 6.45) is 0. The molecule has 1 N–H and O–H groups in total. The van der Waals surface area contributed by atoms with E-state index < -0.39 is 11.4 Å². The van der Waals surface area contributed by atoms with Crippen LogP contribution in [0.1, 0.15) is 17.3 Å². The highest BCUT2D eigenvalue weighted by Crippen LogP contribution is 2.31. The second-order valence-electron chi connectivity index (χ2n) is 4.23. The fourth-order valence-electron chi connectivity index (χ4n) is 2.08. The summed E-state index contributed by atoms with van der Waals surface area (Å²) in [5.41, 5.74) is -0.0522. The van der Waals surface area contributed by atoms with E-state index in [1.54, 1.807) is 22.8 Å². The number of pyridine rings is 1. The van der Waals surface area contributed by atoms with Crippen LogP contribution in [0.25, 0.3) is 11.3 Å². The molecule has 0 saturated carbocycles. The Morgan fingerprint density at radius 1 is 1.29 bits per heavy atom. The minimum atomic E-state index is -1.28. The van der Waals surface area contributed by atoms with E-state index in [9.17, 15) is 14.7 Å². The second-order valence-corrected chi connectivity index (χ2v) is 5.86. The van der Waals surface area contributed by atoms with E-state index in [2.05, 4.69) is 15.9 Å². The van der Waals surface area contributed by atoms with Gasteiger partial charge in [-0.2, -0.15) is 0 Å². The number of carbonyl (C=O) groups is 1. The van der Waals surface area contributed by atoms with E-state index in [4.69, 9.17) is 23.2 Å². The fourth-order valence-corrected chi connectivity index (χ4v) is 3.01. The number of halogens is 3. The van der Waals surface area contributed by atoms with Gasteiger partial charge >= 0.3 is 5.97 Å². The first-order valence-corrected chi connectivity index (χ1v) is 7.53. The largest absolute Gasteiger partial charge is 0.477 e. The van der Waals surface area contributed by atoms with Gasteiger partial charge in [-0.05, 0) is 35.0 Å². The number of nitrogens with zero attached hydrogens (tertiary/aromatic N) is 1. The molecule has 0 fully saturated rings. The Kier molecular flexibility index (Phi) is 4.76. The average Bonchev–Trinajstić information content (AvgIpc) is 2.40. The average molecular weight is 391 g/mol. The molecule has 0 aliphatic rings. The Morgan fingerprint density at radius 3 is 2.48 bits per heavy atom.